The first kappa shape index (κ1) is 25.8. The quantitative estimate of drug-likeness (QED) is 0.363. The largest absolute Gasteiger partial charge is 0.349 e. The van der Waals surface area contributed by atoms with Crippen LogP contribution in [0.25, 0.3) is 22.2 Å². The normalized spacial score (nSPS) is 17.9. The molecule has 0 bridgehead atoms. The van der Waals surface area contributed by atoms with Crippen LogP contribution in [0.1, 0.15) is 18.6 Å². The van der Waals surface area contributed by atoms with E-state index in [1.807, 2.05) is 24.3 Å². The van der Waals surface area contributed by atoms with E-state index in [4.69, 9.17) is 27.9 Å². The third-order valence-corrected chi connectivity index (χ3v) is 8.13. The zero-order chi connectivity index (χ0) is 26.3. The van der Waals surface area contributed by atoms with Crippen molar-refractivity contribution in [1.29, 1.82) is 0 Å². The molecule has 37 heavy (non-hydrogen) atoms. The average molecular weight is 565 g/mol. The number of aromatic nitrogens is 4. The van der Waals surface area contributed by atoms with Gasteiger partial charge in [0.2, 0.25) is 10.0 Å². The molecule has 1 N–H and O–H groups in total. The summed E-state index contributed by atoms with van der Waals surface area (Å²) in [6.45, 7) is 2.02. The molecule has 1 unspecified atom stereocenters. The van der Waals surface area contributed by atoms with Gasteiger partial charge in [-0.2, -0.15) is 9.40 Å². The Morgan fingerprint density at radius 3 is 2.59 bits per heavy atom. The van der Waals surface area contributed by atoms with Crippen molar-refractivity contribution < 1.29 is 17.5 Å². The minimum atomic E-state index is -3.51. The number of nitrogens with zero attached hydrogens (tertiary/aromatic N) is 5. The smallest absolute Gasteiger partial charge is 0.211 e. The van der Waals surface area contributed by atoms with Crippen molar-refractivity contribution in [2.45, 2.75) is 19.3 Å². The molecule has 4 aromatic rings. The van der Waals surface area contributed by atoms with Crippen molar-refractivity contribution in [2.24, 2.45) is 0 Å². The number of pyridine rings is 2. The van der Waals surface area contributed by atoms with Crippen molar-refractivity contribution in [2.75, 3.05) is 30.8 Å². The molecule has 2 atom stereocenters. The van der Waals surface area contributed by atoms with Gasteiger partial charge >= 0.3 is 0 Å². The molecule has 13 heteroatoms. The maximum Gasteiger partial charge on any atom is 0.211 e. The molecular formula is C24H23Cl2FN6O3S. The summed E-state index contributed by atoms with van der Waals surface area (Å²) in [5.41, 5.74) is 2.42. The minimum Gasteiger partial charge on any atom is -0.349 e. The molecule has 4 heterocycles. The molecule has 0 saturated carbocycles. The van der Waals surface area contributed by atoms with Gasteiger partial charge in [-0.15, -0.1) is 0 Å². The Kier molecular flexibility index (Phi) is 7.08. The van der Waals surface area contributed by atoms with Crippen molar-refractivity contribution in [3.05, 3.63) is 70.3 Å². The number of rotatable bonds is 6. The summed E-state index contributed by atoms with van der Waals surface area (Å²) < 4.78 is 47.7. The first-order chi connectivity index (χ1) is 17.6. The maximum atomic E-state index is 15.5. The zero-order valence-electron chi connectivity index (χ0n) is 19.9. The zero-order valence-corrected chi connectivity index (χ0v) is 22.2. The first-order valence-electron chi connectivity index (χ1n) is 11.4. The molecule has 1 aromatic carbocycles. The van der Waals surface area contributed by atoms with Crippen LogP contribution in [0.15, 0.2) is 48.9 Å². The van der Waals surface area contributed by atoms with Crippen LogP contribution < -0.4 is 4.90 Å². The van der Waals surface area contributed by atoms with Crippen LogP contribution in [-0.2, 0) is 14.8 Å². The topological polar surface area (TPSA) is 104 Å². The molecule has 1 aliphatic rings. The lowest BCUT2D eigenvalue weighted by atomic mass is 10.1. The van der Waals surface area contributed by atoms with E-state index < -0.39 is 28.2 Å². The fourth-order valence-corrected chi connectivity index (χ4v) is 5.94. The number of hydrogen-bond acceptors (Lipinski definition) is 7. The van der Waals surface area contributed by atoms with Gasteiger partial charge in [0.15, 0.2) is 11.6 Å². The number of fused-ring (bicyclic) bond motifs is 1. The average Bonchev–Trinajstić information content (AvgIpc) is 3.28. The second kappa shape index (κ2) is 10.1. The number of aromatic amines is 1. The lowest BCUT2D eigenvalue weighted by Gasteiger charge is -2.41. The molecule has 5 rings (SSSR count). The maximum absolute atomic E-state index is 15.5. The Labute approximate surface area is 223 Å². The molecule has 3 aromatic heterocycles. The van der Waals surface area contributed by atoms with Crippen LogP contribution in [0.3, 0.4) is 0 Å². The van der Waals surface area contributed by atoms with Gasteiger partial charge in [0, 0.05) is 48.2 Å². The molecule has 0 radical (unpaired) electrons. The Morgan fingerprint density at radius 1 is 1.16 bits per heavy atom. The third-order valence-electron chi connectivity index (χ3n) is 6.26. The van der Waals surface area contributed by atoms with E-state index in [9.17, 15) is 8.42 Å². The molecule has 1 saturated heterocycles. The minimum absolute atomic E-state index is 0.0314. The predicted octanol–water partition coefficient (Wildman–Crippen LogP) is 4.65. The van der Waals surface area contributed by atoms with Gasteiger partial charge in [-0.1, -0.05) is 41.4 Å². The van der Waals surface area contributed by atoms with Gasteiger partial charge < -0.3 is 9.64 Å². The molecule has 194 valence electrons. The lowest BCUT2D eigenvalue weighted by Crippen LogP contribution is -2.56. The Bertz CT molecular complexity index is 1550. The number of hydrogen-bond donors (Lipinski definition) is 1. The van der Waals surface area contributed by atoms with Crippen LogP contribution in [0.2, 0.25) is 10.0 Å². The summed E-state index contributed by atoms with van der Waals surface area (Å²) in [5.74, 6) is -0.542. The van der Waals surface area contributed by atoms with Gasteiger partial charge in [-0.3, -0.25) is 10.1 Å². The van der Waals surface area contributed by atoms with Gasteiger partial charge in [-0.05, 0) is 19.1 Å². The number of piperazine rings is 1. The molecule has 1 fully saturated rings. The summed E-state index contributed by atoms with van der Waals surface area (Å²) in [5, 5.41) is 8.72. The van der Waals surface area contributed by atoms with E-state index in [1.54, 1.807) is 18.0 Å². The van der Waals surface area contributed by atoms with Crippen molar-refractivity contribution in [1.82, 2.24) is 24.5 Å². The Balaban J connectivity index is 1.48. The molecular weight excluding hydrogens is 542 g/mol. The van der Waals surface area contributed by atoms with E-state index in [0.29, 0.717) is 26.9 Å². The molecule has 0 spiro atoms. The standard InChI is InChI=1S/C24H23Cl2FN6O3S/c1-14(22-17(25)11-28-12-18(22)26)36-21-13-32(37(2,34)35)7-8-33(21)24-19(27)9-15(10-29-24)23-16-5-3-4-6-20(16)30-31-23/h3-6,9-12,14,21H,7-8,13H2,1-2H3,(H,30,31)/t14-,21?/m1/s1. The summed E-state index contributed by atoms with van der Waals surface area (Å²) in [4.78, 5) is 9.97. The Morgan fingerprint density at radius 2 is 1.89 bits per heavy atom. The third kappa shape index (κ3) is 5.14. The van der Waals surface area contributed by atoms with Crippen molar-refractivity contribution >= 4 is 49.9 Å². The number of H-pyrrole nitrogens is 1. The predicted molar refractivity (Wildman–Crippen MR) is 141 cm³/mol. The van der Waals surface area contributed by atoms with E-state index in [2.05, 4.69) is 20.2 Å². The van der Waals surface area contributed by atoms with Crippen molar-refractivity contribution in [3.63, 3.8) is 0 Å². The van der Waals surface area contributed by atoms with Gasteiger partial charge in [0.25, 0.3) is 0 Å². The van der Waals surface area contributed by atoms with Gasteiger partial charge in [0.1, 0.15) is 11.9 Å². The molecule has 1 aliphatic heterocycles. The fraction of sp³-hybridized carbons (Fsp3) is 0.292. The van der Waals surface area contributed by atoms with Crippen LogP contribution in [0, 0.1) is 5.82 Å². The first-order valence-corrected chi connectivity index (χ1v) is 14.0. The Hall–Kier alpha value is -2.83. The number of nitrogens with one attached hydrogen (secondary N) is 1. The monoisotopic (exact) mass is 564 g/mol. The van der Waals surface area contributed by atoms with E-state index >= 15 is 4.39 Å². The summed E-state index contributed by atoms with van der Waals surface area (Å²) in [7, 11) is -3.51. The fourth-order valence-electron chi connectivity index (χ4n) is 4.46. The highest BCUT2D eigenvalue weighted by atomic mass is 35.5. The highest BCUT2D eigenvalue weighted by Crippen LogP contribution is 2.35. The number of halogens is 3. The second-order valence-electron chi connectivity index (χ2n) is 8.71. The number of anilines is 1. The lowest BCUT2D eigenvalue weighted by molar-refractivity contribution is -0.0233. The second-order valence-corrected chi connectivity index (χ2v) is 11.5. The van der Waals surface area contributed by atoms with Crippen LogP contribution in [0.5, 0.6) is 0 Å². The molecule has 0 aliphatic carbocycles. The van der Waals surface area contributed by atoms with Crippen LogP contribution in [0.4, 0.5) is 10.2 Å². The van der Waals surface area contributed by atoms with Crippen molar-refractivity contribution in [3.8, 4) is 11.3 Å². The van der Waals surface area contributed by atoms with E-state index in [0.717, 1.165) is 17.2 Å². The summed E-state index contributed by atoms with van der Waals surface area (Å²) >= 11 is 12.6. The highest BCUT2D eigenvalue weighted by Gasteiger charge is 2.36. The van der Waals surface area contributed by atoms with Gasteiger partial charge in [-0.25, -0.2) is 17.8 Å². The van der Waals surface area contributed by atoms with Crippen LogP contribution in [-0.4, -0.2) is 65.0 Å². The number of sulfonamides is 1. The molecule has 0 amide bonds. The van der Waals surface area contributed by atoms with E-state index in [1.165, 1.54) is 22.8 Å². The van der Waals surface area contributed by atoms with Gasteiger partial charge in [0.05, 0.1) is 34.5 Å². The number of ether oxygens (including phenoxy) is 1. The molecule has 9 nitrogen and oxygen atoms in total. The number of para-hydroxylation sites is 1. The van der Waals surface area contributed by atoms with E-state index in [-0.39, 0.29) is 25.5 Å². The summed E-state index contributed by atoms with van der Waals surface area (Å²) in [6.07, 6.45) is 4.05. The van der Waals surface area contributed by atoms with Crippen LogP contribution >= 0.6 is 23.2 Å². The SMILES string of the molecule is C[C@@H](OC1CN(S(C)(=O)=O)CCN1c1ncc(-c2n[nH]c3ccccc23)cc1F)c1c(Cl)cncc1Cl. The summed E-state index contributed by atoms with van der Waals surface area (Å²) in [6, 6.07) is 8.91. The number of benzene rings is 1. The highest BCUT2D eigenvalue weighted by molar-refractivity contribution is 7.88.